The van der Waals surface area contributed by atoms with Crippen LogP contribution in [0.25, 0.3) is 0 Å². The molecule has 1 heterocycles. The number of hydrogen-bond acceptors (Lipinski definition) is 3. The van der Waals surface area contributed by atoms with Crippen LogP contribution in [-0.4, -0.2) is 27.7 Å². The molecular formula is C11H19N3O. The Hall–Kier alpha value is -0.870. The molecule has 1 aliphatic rings. The third-order valence-electron chi connectivity index (χ3n) is 3.12. The first-order valence-corrected chi connectivity index (χ1v) is 5.73. The summed E-state index contributed by atoms with van der Waals surface area (Å²) in [5, 5.41) is 13.1. The smallest absolute Gasteiger partial charge is 0.120 e. The van der Waals surface area contributed by atoms with Gasteiger partial charge in [-0.1, -0.05) is 12.8 Å². The number of aromatic amines is 1. The Balaban J connectivity index is 1.68. The van der Waals surface area contributed by atoms with E-state index in [2.05, 4.69) is 15.3 Å². The Morgan fingerprint density at radius 3 is 3.07 bits per heavy atom. The molecule has 0 bridgehead atoms. The van der Waals surface area contributed by atoms with Crippen LogP contribution < -0.4 is 5.32 Å². The van der Waals surface area contributed by atoms with Crippen molar-refractivity contribution in [2.45, 2.75) is 38.3 Å². The molecule has 1 saturated carbocycles. The van der Waals surface area contributed by atoms with E-state index in [0.717, 1.165) is 31.8 Å². The van der Waals surface area contributed by atoms with Crippen LogP contribution in [0.3, 0.4) is 0 Å². The van der Waals surface area contributed by atoms with Gasteiger partial charge in [-0.05, 0) is 18.8 Å². The minimum atomic E-state index is -0.108. The van der Waals surface area contributed by atoms with E-state index in [9.17, 15) is 5.11 Å². The van der Waals surface area contributed by atoms with Crippen molar-refractivity contribution in [1.29, 1.82) is 0 Å². The van der Waals surface area contributed by atoms with Gasteiger partial charge in [0, 0.05) is 18.9 Å². The molecule has 0 aliphatic heterocycles. The van der Waals surface area contributed by atoms with Crippen molar-refractivity contribution < 1.29 is 5.11 Å². The van der Waals surface area contributed by atoms with E-state index in [4.69, 9.17) is 0 Å². The topological polar surface area (TPSA) is 60.9 Å². The number of H-pyrrole nitrogens is 1. The molecule has 2 rings (SSSR count). The molecule has 2 atom stereocenters. The maximum absolute atomic E-state index is 9.76. The first-order chi connectivity index (χ1) is 7.36. The number of nitrogens with zero attached hydrogens (tertiary/aromatic N) is 1. The van der Waals surface area contributed by atoms with E-state index < -0.39 is 0 Å². The van der Waals surface area contributed by atoms with Crippen LogP contribution >= 0.6 is 0 Å². The Morgan fingerprint density at radius 2 is 2.33 bits per heavy atom. The summed E-state index contributed by atoms with van der Waals surface area (Å²) in [5.41, 5.74) is 0. The summed E-state index contributed by atoms with van der Waals surface area (Å²) in [5.74, 6) is 1.38. The number of nitrogens with one attached hydrogen (secondary N) is 2. The van der Waals surface area contributed by atoms with E-state index in [0.29, 0.717) is 5.92 Å². The van der Waals surface area contributed by atoms with Gasteiger partial charge in [0.05, 0.1) is 12.6 Å². The van der Waals surface area contributed by atoms with Gasteiger partial charge in [0.1, 0.15) is 5.82 Å². The standard InChI is InChI=1S/C11H19N3O/c15-10-4-2-1-3-9(10)7-12-8-11-13-5-6-14-11/h5-6,9-10,12,15H,1-4,7-8H2,(H,13,14). The van der Waals surface area contributed by atoms with Crippen LogP contribution in [0, 0.1) is 5.92 Å². The molecule has 2 unspecified atom stereocenters. The zero-order valence-corrected chi connectivity index (χ0v) is 8.95. The quantitative estimate of drug-likeness (QED) is 0.694. The van der Waals surface area contributed by atoms with Gasteiger partial charge in [0.15, 0.2) is 0 Å². The Kier molecular flexibility index (Phi) is 3.75. The minimum Gasteiger partial charge on any atom is -0.393 e. The van der Waals surface area contributed by atoms with E-state index in [1.54, 1.807) is 6.20 Å². The Labute approximate surface area is 90.1 Å². The van der Waals surface area contributed by atoms with Gasteiger partial charge < -0.3 is 15.4 Å². The highest BCUT2D eigenvalue weighted by atomic mass is 16.3. The van der Waals surface area contributed by atoms with Crippen LogP contribution in [0.2, 0.25) is 0 Å². The molecule has 84 valence electrons. The monoisotopic (exact) mass is 209 g/mol. The highest BCUT2D eigenvalue weighted by Crippen LogP contribution is 2.23. The van der Waals surface area contributed by atoms with Gasteiger partial charge in [-0.25, -0.2) is 4.98 Å². The molecule has 0 aromatic carbocycles. The molecule has 15 heavy (non-hydrogen) atoms. The number of imidazole rings is 1. The Morgan fingerprint density at radius 1 is 1.47 bits per heavy atom. The fraction of sp³-hybridized carbons (Fsp3) is 0.727. The number of aromatic nitrogens is 2. The Bertz CT molecular complexity index is 273. The molecule has 0 radical (unpaired) electrons. The molecule has 0 saturated heterocycles. The third kappa shape index (κ3) is 3.04. The van der Waals surface area contributed by atoms with E-state index in [-0.39, 0.29) is 6.10 Å². The second-order valence-corrected chi connectivity index (χ2v) is 4.28. The lowest BCUT2D eigenvalue weighted by atomic mass is 9.86. The molecule has 4 nitrogen and oxygen atoms in total. The fourth-order valence-corrected chi connectivity index (χ4v) is 2.20. The van der Waals surface area contributed by atoms with Crippen LogP contribution in [0.4, 0.5) is 0 Å². The van der Waals surface area contributed by atoms with Crippen molar-refractivity contribution >= 4 is 0 Å². The van der Waals surface area contributed by atoms with Crippen LogP contribution in [-0.2, 0) is 6.54 Å². The van der Waals surface area contributed by atoms with Gasteiger partial charge in [0.25, 0.3) is 0 Å². The van der Waals surface area contributed by atoms with E-state index >= 15 is 0 Å². The van der Waals surface area contributed by atoms with Gasteiger partial charge in [0.2, 0.25) is 0 Å². The summed E-state index contributed by atoms with van der Waals surface area (Å²) in [6.45, 7) is 1.65. The fourth-order valence-electron chi connectivity index (χ4n) is 2.20. The highest BCUT2D eigenvalue weighted by Gasteiger charge is 2.22. The molecule has 4 heteroatoms. The van der Waals surface area contributed by atoms with Crippen molar-refractivity contribution in [3.63, 3.8) is 0 Å². The average Bonchev–Trinajstić information content (AvgIpc) is 2.74. The van der Waals surface area contributed by atoms with Crippen LogP contribution in [0.5, 0.6) is 0 Å². The van der Waals surface area contributed by atoms with Crippen molar-refractivity contribution in [2.24, 2.45) is 5.92 Å². The minimum absolute atomic E-state index is 0.108. The highest BCUT2D eigenvalue weighted by molar-refractivity contribution is 4.86. The summed E-state index contributed by atoms with van der Waals surface area (Å²) < 4.78 is 0. The molecule has 0 spiro atoms. The zero-order chi connectivity index (χ0) is 10.5. The molecular weight excluding hydrogens is 190 g/mol. The molecule has 0 amide bonds. The first kappa shape index (κ1) is 10.6. The summed E-state index contributed by atoms with van der Waals surface area (Å²) in [6.07, 6.45) is 8.01. The molecule has 1 aromatic heterocycles. The second-order valence-electron chi connectivity index (χ2n) is 4.28. The van der Waals surface area contributed by atoms with Crippen molar-refractivity contribution in [3.05, 3.63) is 18.2 Å². The maximum Gasteiger partial charge on any atom is 0.120 e. The molecule has 1 aliphatic carbocycles. The average molecular weight is 209 g/mol. The lowest BCUT2D eigenvalue weighted by Crippen LogP contribution is -2.33. The lowest BCUT2D eigenvalue weighted by molar-refractivity contribution is 0.0694. The summed E-state index contributed by atoms with van der Waals surface area (Å²) >= 11 is 0. The molecule has 1 aromatic rings. The lowest BCUT2D eigenvalue weighted by Gasteiger charge is -2.27. The number of rotatable bonds is 4. The SMILES string of the molecule is OC1CCCCC1CNCc1ncc[nH]1. The maximum atomic E-state index is 9.76. The predicted octanol–water partition coefficient (Wildman–Crippen LogP) is 1.05. The number of hydrogen-bond donors (Lipinski definition) is 3. The van der Waals surface area contributed by atoms with Crippen LogP contribution in [0.1, 0.15) is 31.5 Å². The van der Waals surface area contributed by atoms with Crippen LogP contribution in [0.15, 0.2) is 12.4 Å². The van der Waals surface area contributed by atoms with Crippen molar-refractivity contribution in [1.82, 2.24) is 15.3 Å². The number of aliphatic hydroxyl groups excluding tert-OH is 1. The largest absolute Gasteiger partial charge is 0.393 e. The van der Waals surface area contributed by atoms with E-state index in [1.165, 1.54) is 12.8 Å². The van der Waals surface area contributed by atoms with Gasteiger partial charge in [-0.2, -0.15) is 0 Å². The summed E-state index contributed by atoms with van der Waals surface area (Å²) in [4.78, 5) is 7.19. The predicted molar refractivity (Wildman–Crippen MR) is 58.3 cm³/mol. The zero-order valence-electron chi connectivity index (χ0n) is 8.95. The van der Waals surface area contributed by atoms with Gasteiger partial charge in [-0.3, -0.25) is 0 Å². The summed E-state index contributed by atoms with van der Waals surface area (Å²) in [6, 6.07) is 0. The van der Waals surface area contributed by atoms with E-state index in [1.807, 2.05) is 6.20 Å². The first-order valence-electron chi connectivity index (χ1n) is 5.73. The third-order valence-corrected chi connectivity index (χ3v) is 3.12. The summed E-state index contributed by atoms with van der Waals surface area (Å²) in [7, 11) is 0. The molecule has 3 N–H and O–H groups in total. The second kappa shape index (κ2) is 5.28. The number of aliphatic hydroxyl groups is 1. The van der Waals surface area contributed by atoms with Crippen molar-refractivity contribution in [2.75, 3.05) is 6.54 Å². The van der Waals surface area contributed by atoms with Gasteiger partial charge >= 0.3 is 0 Å². The van der Waals surface area contributed by atoms with Gasteiger partial charge in [-0.15, -0.1) is 0 Å². The molecule has 1 fully saturated rings. The normalized spacial score (nSPS) is 26.7. The van der Waals surface area contributed by atoms with Crippen molar-refractivity contribution in [3.8, 4) is 0 Å².